The highest BCUT2D eigenvalue weighted by atomic mass is 35.5. The van der Waals surface area contributed by atoms with Crippen LogP contribution in [0.2, 0.25) is 0 Å². The fourth-order valence-corrected chi connectivity index (χ4v) is 4.46. The number of ketones is 1. The summed E-state index contributed by atoms with van der Waals surface area (Å²) in [6.45, 7) is 3.97. The molecule has 0 saturated carbocycles. The molecular formula is C19H25ClN2O3S. The Labute approximate surface area is 161 Å². The highest BCUT2D eigenvalue weighted by Gasteiger charge is 2.32. The minimum atomic E-state index is -3.89. The molecule has 3 N–H and O–H groups in total. The van der Waals surface area contributed by atoms with Gasteiger partial charge in [0.15, 0.2) is 5.78 Å². The van der Waals surface area contributed by atoms with E-state index in [2.05, 4.69) is 4.72 Å². The van der Waals surface area contributed by atoms with E-state index in [1.807, 2.05) is 13.8 Å². The first-order chi connectivity index (χ1) is 11.9. The number of rotatable bonds is 8. The summed E-state index contributed by atoms with van der Waals surface area (Å²) in [6.07, 6.45) is 1.13. The number of sulfonamides is 1. The summed E-state index contributed by atoms with van der Waals surface area (Å²) in [7, 11) is -3.89. The Bertz CT molecular complexity index is 827. The third-order valence-electron chi connectivity index (χ3n) is 4.55. The third kappa shape index (κ3) is 4.71. The first-order valence-electron chi connectivity index (χ1n) is 8.32. The molecule has 0 aliphatic carbocycles. The van der Waals surface area contributed by atoms with Crippen molar-refractivity contribution in [2.45, 2.75) is 37.1 Å². The van der Waals surface area contributed by atoms with Gasteiger partial charge in [0.05, 0.1) is 4.90 Å². The van der Waals surface area contributed by atoms with Gasteiger partial charge in [0.25, 0.3) is 0 Å². The van der Waals surface area contributed by atoms with Crippen LogP contribution in [0.3, 0.4) is 0 Å². The van der Waals surface area contributed by atoms with Crippen molar-refractivity contribution in [3.05, 3.63) is 65.7 Å². The van der Waals surface area contributed by atoms with Crippen LogP contribution in [0.1, 0.15) is 42.6 Å². The Morgan fingerprint density at radius 3 is 2.08 bits per heavy atom. The summed E-state index contributed by atoms with van der Waals surface area (Å²) in [5.74, 6) is -0.326. The second-order valence-corrected chi connectivity index (χ2v) is 7.64. The molecule has 26 heavy (non-hydrogen) atoms. The van der Waals surface area contributed by atoms with Crippen molar-refractivity contribution in [3.63, 3.8) is 0 Å². The van der Waals surface area contributed by atoms with Gasteiger partial charge in [-0.05, 0) is 25.0 Å². The van der Waals surface area contributed by atoms with Crippen molar-refractivity contribution in [2.24, 2.45) is 5.73 Å². The molecule has 5 nitrogen and oxygen atoms in total. The van der Waals surface area contributed by atoms with Gasteiger partial charge in [0.1, 0.15) is 0 Å². The Morgan fingerprint density at radius 2 is 1.54 bits per heavy atom. The van der Waals surface area contributed by atoms with Crippen LogP contribution in [-0.2, 0) is 10.0 Å². The number of benzene rings is 2. The fourth-order valence-electron chi connectivity index (χ4n) is 2.70. The van der Waals surface area contributed by atoms with E-state index in [4.69, 9.17) is 5.73 Å². The van der Waals surface area contributed by atoms with Crippen molar-refractivity contribution in [1.82, 2.24) is 4.72 Å². The van der Waals surface area contributed by atoms with Crippen LogP contribution >= 0.6 is 12.4 Å². The third-order valence-corrected chi connectivity index (χ3v) is 6.19. The largest absolute Gasteiger partial charge is 0.329 e. The Balaban J connectivity index is 0.00000338. The van der Waals surface area contributed by atoms with Crippen molar-refractivity contribution in [1.29, 1.82) is 0 Å². The van der Waals surface area contributed by atoms with Gasteiger partial charge in [0, 0.05) is 23.2 Å². The molecule has 0 atom stereocenters. The topological polar surface area (TPSA) is 89.3 Å². The lowest BCUT2D eigenvalue weighted by Crippen LogP contribution is -2.52. The summed E-state index contributed by atoms with van der Waals surface area (Å²) in [4.78, 5) is 12.7. The van der Waals surface area contributed by atoms with Crippen LogP contribution in [0.15, 0.2) is 59.5 Å². The van der Waals surface area contributed by atoms with E-state index in [9.17, 15) is 13.2 Å². The van der Waals surface area contributed by atoms with Crippen LogP contribution in [0, 0.1) is 0 Å². The lowest BCUT2D eigenvalue weighted by Gasteiger charge is -2.31. The van der Waals surface area contributed by atoms with Gasteiger partial charge in [-0.25, -0.2) is 13.1 Å². The molecule has 0 spiro atoms. The van der Waals surface area contributed by atoms with Crippen LogP contribution in [0.5, 0.6) is 0 Å². The van der Waals surface area contributed by atoms with E-state index in [1.54, 1.807) is 42.5 Å². The maximum Gasteiger partial charge on any atom is 0.241 e. The second-order valence-electron chi connectivity index (χ2n) is 5.99. The zero-order valence-corrected chi connectivity index (χ0v) is 16.6. The molecule has 0 heterocycles. The number of halogens is 1. The fraction of sp³-hybridized carbons (Fsp3) is 0.316. The van der Waals surface area contributed by atoms with Gasteiger partial charge in [-0.3, -0.25) is 4.79 Å². The normalized spacial score (nSPS) is 11.7. The molecule has 2 aromatic carbocycles. The number of hydrogen-bond donors (Lipinski definition) is 2. The summed E-state index contributed by atoms with van der Waals surface area (Å²) in [6, 6.07) is 14.9. The van der Waals surface area contributed by atoms with Crippen molar-refractivity contribution >= 4 is 28.2 Å². The lowest BCUT2D eigenvalue weighted by atomic mass is 9.95. The first kappa shape index (κ1) is 22.3. The summed E-state index contributed by atoms with van der Waals surface area (Å²) < 4.78 is 28.6. The standard InChI is InChI=1S/C19H24N2O3S.ClH/c1-3-19(4-2,14-20)21-25(23,24)17-13-9-8-12-16(17)18(22)15-10-6-5-7-11-15;/h5-13,21H,3-4,14,20H2,1-2H3;1H. The highest BCUT2D eigenvalue weighted by Crippen LogP contribution is 2.23. The van der Waals surface area contributed by atoms with E-state index in [-0.39, 0.29) is 35.2 Å². The highest BCUT2D eigenvalue weighted by molar-refractivity contribution is 7.89. The van der Waals surface area contributed by atoms with Crippen LogP contribution in [0.4, 0.5) is 0 Å². The Morgan fingerprint density at radius 1 is 1.00 bits per heavy atom. The molecule has 142 valence electrons. The minimum absolute atomic E-state index is 0. The second kappa shape index (κ2) is 9.28. The average molecular weight is 397 g/mol. The maximum absolute atomic E-state index is 13.0. The monoisotopic (exact) mass is 396 g/mol. The molecule has 0 saturated heterocycles. The van der Waals surface area contributed by atoms with Crippen molar-refractivity contribution in [2.75, 3.05) is 6.54 Å². The predicted molar refractivity (Wildman–Crippen MR) is 106 cm³/mol. The molecule has 0 aliphatic rings. The van der Waals surface area contributed by atoms with Gasteiger partial charge >= 0.3 is 0 Å². The molecular weight excluding hydrogens is 372 g/mol. The number of nitrogens with one attached hydrogen (secondary N) is 1. The summed E-state index contributed by atoms with van der Waals surface area (Å²) >= 11 is 0. The quantitative estimate of drug-likeness (QED) is 0.671. The molecule has 0 unspecified atom stereocenters. The van der Waals surface area contributed by atoms with Gasteiger partial charge in [-0.15, -0.1) is 12.4 Å². The van der Waals surface area contributed by atoms with E-state index >= 15 is 0 Å². The van der Waals surface area contributed by atoms with E-state index in [0.717, 1.165) is 0 Å². The molecule has 0 bridgehead atoms. The molecule has 2 rings (SSSR count). The van der Waals surface area contributed by atoms with Gasteiger partial charge in [-0.1, -0.05) is 56.3 Å². The SMILES string of the molecule is CCC(CC)(CN)NS(=O)(=O)c1ccccc1C(=O)c1ccccc1.Cl. The smallest absolute Gasteiger partial charge is 0.241 e. The predicted octanol–water partition coefficient (Wildman–Crippen LogP) is 3.14. The van der Waals surface area contributed by atoms with Gasteiger partial charge < -0.3 is 5.73 Å². The Kier molecular flexibility index (Phi) is 7.96. The molecule has 0 aromatic heterocycles. The molecule has 2 aromatic rings. The maximum atomic E-state index is 13.0. The van der Waals surface area contributed by atoms with Crippen LogP contribution in [0.25, 0.3) is 0 Å². The number of carbonyl (C=O) groups is 1. The van der Waals surface area contributed by atoms with Gasteiger partial charge in [0.2, 0.25) is 10.0 Å². The molecule has 0 amide bonds. The van der Waals surface area contributed by atoms with Crippen LogP contribution in [-0.4, -0.2) is 26.3 Å². The van der Waals surface area contributed by atoms with E-state index in [0.29, 0.717) is 18.4 Å². The zero-order chi connectivity index (χ0) is 18.5. The van der Waals surface area contributed by atoms with Gasteiger partial charge in [-0.2, -0.15) is 0 Å². The molecule has 7 heteroatoms. The average Bonchev–Trinajstić information content (AvgIpc) is 2.66. The molecule has 0 aliphatic heterocycles. The van der Waals surface area contributed by atoms with E-state index < -0.39 is 15.6 Å². The lowest BCUT2D eigenvalue weighted by molar-refractivity contribution is 0.103. The first-order valence-corrected chi connectivity index (χ1v) is 9.80. The summed E-state index contributed by atoms with van der Waals surface area (Å²) in [5, 5.41) is 0. The molecule has 0 radical (unpaired) electrons. The van der Waals surface area contributed by atoms with E-state index in [1.165, 1.54) is 12.1 Å². The number of nitrogens with two attached hydrogens (primary N) is 1. The number of hydrogen-bond acceptors (Lipinski definition) is 4. The minimum Gasteiger partial charge on any atom is -0.329 e. The molecule has 0 fully saturated rings. The number of carbonyl (C=O) groups excluding carboxylic acids is 1. The van der Waals surface area contributed by atoms with Crippen LogP contribution < -0.4 is 10.5 Å². The Hall–Kier alpha value is -1.73. The van der Waals surface area contributed by atoms with Crippen molar-refractivity contribution < 1.29 is 13.2 Å². The van der Waals surface area contributed by atoms with Crippen molar-refractivity contribution in [3.8, 4) is 0 Å². The summed E-state index contributed by atoms with van der Waals surface area (Å²) in [5.41, 5.74) is 5.69. The zero-order valence-electron chi connectivity index (χ0n) is 14.9.